The van der Waals surface area contributed by atoms with E-state index in [9.17, 15) is 14.4 Å². The lowest BCUT2D eigenvalue weighted by atomic mass is 9.95. The molecule has 0 spiro atoms. The van der Waals surface area contributed by atoms with Crippen molar-refractivity contribution in [2.45, 2.75) is 79.3 Å². The van der Waals surface area contributed by atoms with E-state index in [0.717, 1.165) is 55.9 Å². The molecule has 1 aliphatic heterocycles. The van der Waals surface area contributed by atoms with Gasteiger partial charge in [-0.3, -0.25) is 19.3 Å². The van der Waals surface area contributed by atoms with Gasteiger partial charge in [-0.15, -0.1) is 0 Å². The van der Waals surface area contributed by atoms with E-state index in [0.29, 0.717) is 112 Å². The lowest BCUT2D eigenvalue weighted by molar-refractivity contribution is -0.143. The van der Waals surface area contributed by atoms with Crippen molar-refractivity contribution in [3.63, 3.8) is 0 Å². The number of aryl methyl sites for hydroxylation is 1. The fourth-order valence-corrected chi connectivity index (χ4v) is 7.12. The molecule has 3 heterocycles. The normalized spacial score (nSPS) is 14.3. The van der Waals surface area contributed by atoms with Gasteiger partial charge in [0.1, 0.15) is 11.3 Å². The number of rotatable bonds is 34. The number of nitrogens with two attached hydrogens (primary N) is 1. The summed E-state index contributed by atoms with van der Waals surface area (Å²) >= 11 is 0. The van der Waals surface area contributed by atoms with E-state index in [-0.39, 0.29) is 30.0 Å². The molecule has 1 amide bonds. The van der Waals surface area contributed by atoms with Crippen LogP contribution in [0, 0.1) is 18.8 Å². The summed E-state index contributed by atoms with van der Waals surface area (Å²) in [6.07, 6.45) is 6.42. The minimum atomic E-state index is -0.957. The Morgan fingerprint density at radius 2 is 1.38 bits per heavy atom. The molecule has 1 aromatic carbocycles. The maximum atomic E-state index is 12.8. The van der Waals surface area contributed by atoms with Gasteiger partial charge in [0.05, 0.1) is 90.5 Å². The topological polar surface area (TPSA) is 202 Å². The summed E-state index contributed by atoms with van der Waals surface area (Å²) in [6, 6.07) is 8.70. The number of nitrogens with one attached hydrogen (secondary N) is 1. The Labute approximate surface area is 373 Å². The third kappa shape index (κ3) is 19.2. The van der Waals surface area contributed by atoms with Crippen LogP contribution in [0.15, 0.2) is 30.5 Å². The van der Waals surface area contributed by atoms with E-state index in [1.165, 1.54) is 30.0 Å². The second kappa shape index (κ2) is 29.3. The van der Waals surface area contributed by atoms with Crippen LogP contribution < -0.4 is 11.1 Å². The van der Waals surface area contributed by atoms with Crippen LogP contribution in [-0.2, 0) is 55.9 Å². The SMILES string of the molecule is CCCCCNc1nc(N)nc2ccn(Cc3ccc(CN4CCN(C(=O)CCOCCOCCOCCOCCOCCOCCC(C)C(=O)CC(C)C(=O)O)CC4)cc3C)c12. The first-order valence-corrected chi connectivity index (χ1v) is 22.7. The van der Waals surface area contributed by atoms with E-state index in [2.05, 4.69) is 63.0 Å². The summed E-state index contributed by atoms with van der Waals surface area (Å²) in [7, 11) is 0. The molecule has 2 atom stereocenters. The molecule has 17 heteroatoms. The molecule has 1 fully saturated rings. The number of nitrogen functional groups attached to an aromatic ring is 1. The minimum absolute atomic E-state index is 0.0441. The van der Waals surface area contributed by atoms with Crippen molar-refractivity contribution in [1.82, 2.24) is 24.3 Å². The van der Waals surface area contributed by atoms with Crippen molar-refractivity contribution in [2.24, 2.45) is 11.8 Å². The summed E-state index contributed by atoms with van der Waals surface area (Å²) in [5.41, 5.74) is 11.6. The van der Waals surface area contributed by atoms with Crippen LogP contribution in [0.2, 0.25) is 0 Å². The van der Waals surface area contributed by atoms with Crippen molar-refractivity contribution in [2.75, 3.05) is 123 Å². The highest BCUT2D eigenvalue weighted by Gasteiger charge is 2.22. The monoisotopic (exact) mass is 884 g/mol. The summed E-state index contributed by atoms with van der Waals surface area (Å²) in [4.78, 5) is 49.1. The third-order valence-corrected chi connectivity index (χ3v) is 11.1. The van der Waals surface area contributed by atoms with Crippen molar-refractivity contribution < 1.29 is 47.9 Å². The number of ketones is 1. The van der Waals surface area contributed by atoms with Crippen molar-refractivity contribution in [3.05, 3.63) is 47.2 Å². The first kappa shape index (κ1) is 51.4. The van der Waals surface area contributed by atoms with E-state index < -0.39 is 11.9 Å². The van der Waals surface area contributed by atoms with Crippen LogP contribution in [0.3, 0.4) is 0 Å². The summed E-state index contributed by atoms with van der Waals surface area (Å²) in [6.45, 7) is 18.4. The van der Waals surface area contributed by atoms with E-state index in [1.807, 2.05) is 11.0 Å². The number of anilines is 2. The standard InChI is InChI=1S/C46H73N7O10/c1-5-6-7-13-48-44-43-40(49-46(47)50-44)10-14-53(43)34-39-9-8-38(31-36(39)3)33-51-15-17-52(18-16-51)42(55)12-20-59-22-24-61-26-28-63-30-29-62-27-25-60-23-21-58-19-11-35(2)41(54)32-37(4)45(56)57/h8-10,14,31,35,37H,5-7,11-13,15-30,32-34H2,1-4H3,(H,56,57)(H3,47,48,49,50). The maximum Gasteiger partial charge on any atom is 0.306 e. The highest BCUT2D eigenvalue weighted by Crippen LogP contribution is 2.25. The number of fused-ring (bicyclic) bond motifs is 1. The number of carboxylic acids is 1. The molecule has 0 saturated carbocycles. The number of carbonyl (C=O) groups is 3. The molecule has 3 aromatic rings. The van der Waals surface area contributed by atoms with Crippen molar-refractivity contribution in [3.8, 4) is 0 Å². The largest absolute Gasteiger partial charge is 0.481 e. The number of nitrogens with zero attached hydrogens (tertiary/aromatic N) is 5. The number of aliphatic carboxylic acids is 1. The van der Waals surface area contributed by atoms with Crippen LogP contribution in [-0.4, -0.2) is 159 Å². The third-order valence-electron chi connectivity index (χ3n) is 11.1. The van der Waals surface area contributed by atoms with Gasteiger partial charge in [0.2, 0.25) is 11.9 Å². The molecule has 0 radical (unpaired) electrons. The van der Waals surface area contributed by atoms with Gasteiger partial charge in [-0.25, -0.2) is 4.98 Å². The molecule has 17 nitrogen and oxygen atoms in total. The van der Waals surface area contributed by atoms with Gasteiger partial charge >= 0.3 is 5.97 Å². The molecule has 4 N–H and O–H groups in total. The number of hydrogen-bond donors (Lipinski definition) is 3. The van der Waals surface area contributed by atoms with Gasteiger partial charge < -0.3 is 54.0 Å². The number of carboxylic acid groups (broad SMARTS) is 1. The summed E-state index contributed by atoms with van der Waals surface area (Å²) in [5.74, 6) is -0.729. The van der Waals surface area contributed by atoms with E-state index in [4.69, 9.17) is 39.3 Å². The molecule has 1 saturated heterocycles. The van der Waals surface area contributed by atoms with Crippen molar-refractivity contribution in [1.29, 1.82) is 0 Å². The Morgan fingerprint density at radius 1 is 0.778 bits per heavy atom. The number of Topliss-reactive ketones (excluding diaryl/α,β-unsaturated/α-hetero) is 1. The van der Waals surface area contributed by atoms with E-state index >= 15 is 0 Å². The lowest BCUT2D eigenvalue weighted by Gasteiger charge is -2.35. The first-order valence-electron chi connectivity index (χ1n) is 22.7. The van der Waals surface area contributed by atoms with Gasteiger partial charge in [-0.2, -0.15) is 4.98 Å². The summed E-state index contributed by atoms with van der Waals surface area (Å²) in [5, 5.41) is 12.4. The highest BCUT2D eigenvalue weighted by molar-refractivity contribution is 5.88. The molecule has 63 heavy (non-hydrogen) atoms. The van der Waals surface area contributed by atoms with Crippen LogP contribution in [0.4, 0.5) is 11.8 Å². The Kier molecular flexibility index (Phi) is 23.9. The molecule has 2 unspecified atom stereocenters. The molecular formula is C46H73N7O10. The molecule has 4 rings (SSSR count). The Hall–Kier alpha value is -4.23. The van der Waals surface area contributed by atoms with Crippen LogP contribution >= 0.6 is 0 Å². The smallest absolute Gasteiger partial charge is 0.306 e. The van der Waals surface area contributed by atoms with Gasteiger partial charge in [0.15, 0.2) is 5.82 Å². The molecule has 2 aromatic heterocycles. The average Bonchev–Trinajstić information content (AvgIpc) is 3.67. The second-order valence-electron chi connectivity index (χ2n) is 16.2. The Balaban J connectivity index is 0.953. The lowest BCUT2D eigenvalue weighted by Crippen LogP contribution is -2.48. The number of carbonyl (C=O) groups excluding carboxylic acids is 2. The predicted octanol–water partition coefficient (Wildman–Crippen LogP) is 4.81. The fraction of sp³-hybridized carbons (Fsp3) is 0.674. The zero-order valence-electron chi connectivity index (χ0n) is 38.2. The van der Waals surface area contributed by atoms with Crippen LogP contribution in [0.25, 0.3) is 11.0 Å². The van der Waals surface area contributed by atoms with Crippen LogP contribution in [0.5, 0.6) is 0 Å². The number of ether oxygens (including phenoxy) is 6. The number of piperazine rings is 1. The fourth-order valence-electron chi connectivity index (χ4n) is 7.12. The number of aromatic nitrogens is 3. The van der Waals surface area contributed by atoms with E-state index in [1.54, 1.807) is 6.92 Å². The molecule has 352 valence electrons. The highest BCUT2D eigenvalue weighted by atomic mass is 16.6. The average molecular weight is 884 g/mol. The van der Waals surface area contributed by atoms with Crippen LogP contribution in [0.1, 0.15) is 76.0 Å². The summed E-state index contributed by atoms with van der Waals surface area (Å²) < 4.78 is 35.5. The zero-order chi connectivity index (χ0) is 45.2. The number of amides is 1. The molecule has 0 bridgehead atoms. The Morgan fingerprint density at radius 3 is 1.97 bits per heavy atom. The molecule has 0 aliphatic carbocycles. The first-order chi connectivity index (χ1) is 30.5. The second-order valence-corrected chi connectivity index (χ2v) is 16.2. The number of benzene rings is 1. The van der Waals surface area contributed by atoms with Gasteiger partial charge in [0.25, 0.3) is 0 Å². The minimum Gasteiger partial charge on any atom is -0.481 e. The molecule has 1 aliphatic rings. The van der Waals surface area contributed by atoms with Gasteiger partial charge in [-0.1, -0.05) is 51.8 Å². The number of unbranched alkanes of at least 4 members (excludes halogenated alkanes) is 2. The zero-order valence-corrected chi connectivity index (χ0v) is 38.2. The van der Waals surface area contributed by atoms with Gasteiger partial charge in [0, 0.05) is 71.0 Å². The Bertz CT molecular complexity index is 1800. The predicted molar refractivity (Wildman–Crippen MR) is 242 cm³/mol. The quantitative estimate of drug-likeness (QED) is 0.0690. The van der Waals surface area contributed by atoms with Gasteiger partial charge in [-0.05, 0) is 42.5 Å². The number of hydrogen-bond acceptors (Lipinski definition) is 14. The maximum absolute atomic E-state index is 12.8. The molecular weight excluding hydrogens is 811 g/mol. The van der Waals surface area contributed by atoms with Crippen molar-refractivity contribution >= 4 is 40.5 Å².